The Kier molecular flexibility index (Phi) is 6.99. The van der Waals surface area contributed by atoms with Crippen LogP contribution in [-0.2, 0) is 14.3 Å². The van der Waals surface area contributed by atoms with Crippen molar-refractivity contribution in [2.75, 3.05) is 6.54 Å². The van der Waals surface area contributed by atoms with E-state index < -0.39 is 12.1 Å². The lowest BCUT2D eigenvalue weighted by molar-refractivity contribution is -0.154. The first-order valence-corrected chi connectivity index (χ1v) is 9.58. The minimum absolute atomic E-state index is 0.121. The monoisotopic (exact) mass is 366 g/mol. The lowest BCUT2D eigenvalue weighted by Gasteiger charge is -2.35. The summed E-state index contributed by atoms with van der Waals surface area (Å²) in [5.41, 5.74) is 0. The number of hydrogen-bond donors (Lipinski definition) is 2. The average molecular weight is 366 g/mol. The lowest BCUT2D eigenvalue weighted by Crippen LogP contribution is -2.48. The van der Waals surface area contributed by atoms with Crippen molar-refractivity contribution in [3.8, 4) is 0 Å². The van der Waals surface area contributed by atoms with Gasteiger partial charge in [-0.25, -0.2) is 0 Å². The van der Waals surface area contributed by atoms with Gasteiger partial charge in [-0.05, 0) is 36.6 Å². The van der Waals surface area contributed by atoms with E-state index in [1.807, 2.05) is 0 Å². The molecule has 6 nitrogen and oxygen atoms in total. The Labute approximate surface area is 152 Å². The van der Waals surface area contributed by atoms with E-state index in [9.17, 15) is 14.4 Å². The van der Waals surface area contributed by atoms with Crippen LogP contribution >= 0.6 is 11.3 Å². The van der Waals surface area contributed by atoms with Crippen molar-refractivity contribution in [1.82, 2.24) is 10.6 Å². The highest BCUT2D eigenvalue weighted by molar-refractivity contribution is 7.12. The van der Waals surface area contributed by atoms with E-state index in [0.29, 0.717) is 16.7 Å². The summed E-state index contributed by atoms with van der Waals surface area (Å²) in [4.78, 5) is 36.4. The summed E-state index contributed by atoms with van der Waals surface area (Å²) in [5.74, 6) is -0.259. The van der Waals surface area contributed by atoms with Crippen LogP contribution in [0.5, 0.6) is 0 Å². The second-order valence-corrected chi connectivity index (χ2v) is 7.62. The summed E-state index contributed by atoms with van der Waals surface area (Å²) in [6, 6.07) is 3.56. The maximum Gasteiger partial charge on any atom is 0.326 e. The van der Waals surface area contributed by atoms with Gasteiger partial charge in [0, 0.05) is 6.04 Å². The van der Waals surface area contributed by atoms with Gasteiger partial charge in [0.15, 0.2) is 6.10 Å². The number of hydrogen-bond acceptors (Lipinski definition) is 5. The molecule has 0 saturated heterocycles. The quantitative estimate of drug-likeness (QED) is 0.757. The number of rotatable bonds is 6. The zero-order chi connectivity index (χ0) is 18.4. The predicted molar refractivity (Wildman–Crippen MR) is 96.3 cm³/mol. The molecule has 7 heteroatoms. The largest absolute Gasteiger partial charge is 0.451 e. The highest BCUT2D eigenvalue weighted by Gasteiger charge is 2.30. The Morgan fingerprint density at radius 3 is 2.76 bits per heavy atom. The summed E-state index contributed by atoms with van der Waals surface area (Å²) in [5, 5.41) is 7.26. The molecule has 0 radical (unpaired) electrons. The molecule has 0 bridgehead atoms. The van der Waals surface area contributed by atoms with Gasteiger partial charge in [0.25, 0.3) is 11.8 Å². The van der Waals surface area contributed by atoms with Crippen molar-refractivity contribution in [2.45, 2.75) is 52.2 Å². The Morgan fingerprint density at radius 1 is 1.32 bits per heavy atom. The SMILES string of the molecule is C[C@@H]1[C@H](C)CCC[C@H]1NC(=O)[C@@H](C)OC(=O)CNC(=O)c1cccs1. The molecule has 2 rings (SSSR count). The summed E-state index contributed by atoms with van der Waals surface area (Å²) < 4.78 is 5.12. The van der Waals surface area contributed by atoms with Crippen LogP contribution < -0.4 is 10.6 Å². The van der Waals surface area contributed by atoms with E-state index in [1.54, 1.807) is 24.4 Å². The molecule has 1 aliphatic carbocycles. The predicted octanol–water partition coefficient (Wildman–Crippen LogP) is 2.35. The highest BCUT2D eigenvalue weighted by Crippen LogP contribution is 2.29. The molecule has 0 aromatic carbocycles. The summed E-state index contributed by atoms with van der Waals surface area (Å²) in [6.07, 6.45) is 2.35. The number of carbonyl (C=O) groups is 3. The first-order valence-electron chi connectivity index (χ1n) is 8.70. The number of esters is 1. The Hall–Kier alpha value is -1.89. The molecule has 1 fully saturated rings. The Bertz CT molecular complexity index is 602. The van der Waals surface area contributed by atoms with Crippen LogP contribution in [0.2, 0.25) is 0 Å². The molecule has 138 valence electrons. The molecule has 2 N–H and O–H groups in total. The molecular formula is C18H26N2O4S. The smallest absolute Gasteiger partial charge is 0.326 e. The standard InChI is InChI=1S/C18H26N2O4S/c1-11-6-4-7-14(12(11)2)20-17(22)13(3)24-16(21)10-19-18(23)15-8-5-9-25-15/h5,8-9,11-14H,4,6-7,10H2,1-3H3,(H,19,23)(H,20,22)/t11-,12-,13-,14-/m1/s1. The molecule has 0 unspecified atom stereocenters. The minimum atomic E-state index is -0.879. The second-order valence-electron chi connectivity index (χ2n) is 6.67. The fourth-order valence-electron chi connectivity index (χ4n) is 3.03. The summed E-state index contributed by atoms with van der Waals surface area (Å²) in [6.45, 7) is 5.63. The summed E-state index contributed by atoms with van der Waals surface area (Å²) in [7, 11) is 0. The number of ether oxygens (including phenoxy) is 1. The van der Waals surface area contributed by atoms with Gasteiger partial charge >= 0.3 is 5.97 Å². The van der Waals surface area contributed by atoms with Crippen molar-refractivity contribution in [3.63, 3.8) is 0 Å². The average Bonchev–Trinajstić information content (AvgIpc) is 3.11. The van der Waals surface area contributed by atoms with Crippen LogP contribution in [0.25, 0.3) is 0 Å². The third-order valence-electron chi connectivity index (χ3n) is 4.85. The maximum absolute atomic E-state index is 12.2. The topological polar surface area (TPSA) is 84.5 Å². The van der Waals surface area contributed by atoms with Crippen molar-refractivity contribution >= 4 is 29.1 Å². The number of nitrogens with one attached hydrogen (secondary N) is 2. The van der Waals surface area contributed by atoms with E-state index >= 15 is 0 Å². The molecule has 0 spiro atoms. The minimum Gasteiger partial charge on any atom is -0.451 e. The molecule has 1 aromatic rings. The molecule has 2 amide bonds. The van der Waals surface area contributed by atoms with Gasteiger partial charge in [0.05, 0.1) is 4.88 Å². The van der Waals surface area contributed by atoms with E-state index in [-0.39, 0.29) is 24.4 Å². The molecule has 1 heterocycles. The molecule has 1 saturated carbocycles. The van der Waals surface area contributed by atoms with Crippen LogP contribution in [0.15, 0.2) is 17.5 Å². The molecule has 4 atom stereocenters. The van der Waals surface area contributed by atoms with Gasteiger partial charge in [0.1, 0.15) is 6.54 Å². The third-order valence-corrected chi connectivity index (χ3v) is 5.72. The first kappa shape index (κ1) is 19.4. The Morgan fingerprint density at radius 2 is 2.08 bits per heavy atom. The van der Waals surface area contributed by atoms with Crippen LogP contribution in [0.1, 0.15) is 49.7 Å². The second kappa shape index (κ2) is 8.99. The van der Waals surface area contributed by atoms with E-state index in [1.165, 1.54) is 17.8 Å². The van der Waals surface area contributed by atoms with Crippen molar-refractivity contribution in [1.29, 1.82) is 0 Å². The van der Waals surface area contributed by atoms with Crippen LogP contribution in [0.4, 0.5) is 0 Å². The van der Waals surface area contributed by atoms with Crippen LogP contribution in [0, 0.1) is 11.8 Å². The molecule has 0 aliphatic heterocycles. The Balaban J connectivity index is 1.74. The fraction of sp³-hybridized carbons (Fsp3) is 0.611. The molecule has 1 aromatic heterocycles. The molecule has 25 heavy (non-hydrogen) atoms. The van der Waals surface area contributed by atoms with Crippen molar-refractivity contribution < 1.29 is 19.1 Å². The van der Waals surface area contributed by atoms with E-state index in [4.69, 9.17) is 4.74 Å². The zero-order valence-corrected chi connectivity index (χ0v) is 15.7. The first-order chi connectivity index (χ1) is 11.9. The summed E-state index contributed by atoms with van der Waals surface area (Å²) >= 11 is 1.29. The lowest BCUT2D eigenvalue weighted by atomic mass is 9.78. The normalized spacial score (nSPS) is 24.2. The number of thiophene rings is 1. The van der Waals surface area contributed by atoms with Gasteiger partial charge in [-0.1, -0.05) is 32.8 Å². The van der Waals surface area contributed by atoms with Crippen LogP contribution in [-0.4, -0.2) is 36.5 Å². The molecule has 1 aliphatic rings. The van der Waals surface area contributed by atoms with Crippen LogP contribution in [0.3, 0.4) is 0 Å². The van der Waals surface area contributed by atoms with E-state index in [2.05, 4.69) is 24.5 Å². The van der Waals surface area contributed by atoms with Gasteiger partial charge in [-0.15, -0.1) is 11.3 Å². The van der Waals surface area contributed by atoms with E-state index in [0.717, 1.165) is 12.8 Å². The van der Waals surface area contributed by atoms with Gasteiger partial charge in [-0.3, -0.25) is 14.4 Å². The zero-order valence-electron chi connectivity index (χ0n) is 14.9. The van der Waals surface area contributed by atoms with Crippen molar-refractivity contribution in [3.05, 3.63) is 22.4 Å². The number of carbonyl (C=O) groups excluding carboxylic acids is 3. The van der Waals surface area contributed by atoms with Gasteiger partial charge in [0.2, 0.25) is 0 Å². The fourth-order valence-corrected chi connectivity index (χ4v) is 3.67. The third kappa shape index (κ3) is 5.56. The molecular weight excluding hydrogens is 340 g/mol. The van der Waals surface area contributed by atoms with Gasteiger partial charge in [-0.2, -0.15) is 0 Å². The van der Waals surface area contributed by atoms with Gasteiger partial charge < -0.3 is 15.4 Å². The highest BCUT2D eigenvalue weighted by atomic mass is 32.1. The van der Waals surface area contributed by atoms with Crippen molar-refractivity contribution in [2.24, 2.45) is 11.8 Å². The number of amides is 2. The maximum atomic E-state index is 12.2.